The van der Waals surface area contributed by atoms with E-state index in [0.717, 1.165) is 30.0 Å². The molecule has 1 aliphatic heterocycles. The number of anilines is 1. The van der Waals surface area contributed by atoms with Gasteiger partial charge in [-0.1, -0.05) is 18.2 Å². The van der Waals surface area contributed by atoms with E-state index in [1.807, 2.05) is 65.6 Å². The average molecular weight is 526 g/mol. The molecule has 2 N–H and O–H groups in total. The molecule has 1 saturated heterocycles. The Morgan fingerprint density at radius 1 is 1.03 bits per heavy atom. The second-order valence-corrected chi connectivity index (χ2v) is 9.99. The molecule has 2 aromatic heterocycles. The Kier molecular flexibility index (Phi) is 6.55. The van der Waals surface area contributed by atoms with Crippen LogP contribution in [0.5, 0.6) is 5.75 Å². The SMILES string of the molecule is O=C(O)c1cccc(-c2ccc([C@@H]3[C@@H](c4ccccn4)NC(=S)N3c3ccc(OC4CCCC4)cc3)o2)c1. The lowest BCUT2D eigenvalue weighted by Gasteiger charge is -2.26. The Morgan fingerprint density at radius 2 is 1.84 bits per heavy atom. The number of pyridine rings is 1. The summed E-state index contributed by atoms with van der Waals surface area (Å²) in [6.45, 7) is 0. The number of aromatic nitrogens is 1. The molecule has 0 radical (unpaired) electrons. The number of hydrogen-bond acceptors (Lipinski definition) is 5. The molecule has 0 bridgehead atoms. The lowest BCUT2D eigenvalue weighted by Crippen LogP contribution is -2.29. The molecular formula is C30H27N3O4S. The van der Waals surface area contributed by atoms with Crippen LogP contribution in [-0.2, 0) is 0 Å². The number of thiocarbonyl (C=S) groups is 1. The number of benzene rings is 2. The number of carboxylic acid groups (broad SMARTS) is 1. The van der Waals surface area contributed by atoms with E-state index in [9.17, 15) is 9.90 Å². The predicted octanol–water partition coefficient (Wildman–Crippen LogP) is 6.54. The molecule has 2 aliphatic rings. The first-order valence-corrected chi connectivity index (χ1v) is 13.2. The van der Waals surface area contributed by atoms with Crippen LogP contribution in [0, 0.1) is 0 Å². The zero-order valence-electron chi connectivity index (χ0n) is 20.6. The Balaban J connectivity index is 1.35. The highest BCUT2D eigenvalue weighted by atomic mass is 32.1. The monoisotopic (exact) mass is 525 g/mol. The van der Waals surface area contributed by atoms with E-state index in [2.05, 4.69) is 10.3 Å². The highest BCUT2D eigenvalue weighted by molar-refractivity contribution is 7.80. The van der Waals surface area contributed by atoms with Crippen molar-refractivity contribution in [3.05, 3.63) is 102 Å². The maximum atomic E-state index is 11.5. The average Bonchev–Trinajstić information content (AvgIpc) is 3.70. The first-order chi connectivity index (χ1) is 18.6. The van der Waals surface area contributed by atoms with Gasteiger partial charge in [0.25, 0.3) is 0 Å². The van der Waals surface area contributed by atoms with Crippen LogP contribution in [0.1, 0.15) is 59.6 Å². The van der Waals surface area contributed by atoms with Crippen molar-refractivity contribution in [2.75, 3.05) is 4.90 Å². The molecular weight excluding hydrogens is 498 g/mol. The first kappa shape index (κ1) is 24.2. The van der Waals surface area contributed by atoms with Crippen LogP contribution in [0.3, 0.4) is 0 Å². The Labute approximate surface area is 226 Å². The third kappa shape index (κ3) is 4.75. The number of furan rings is 1. The quantitative estimate of drug-likeness (QED) is 0.263. The van der Waals surface area contributed by atoms with Crippen molar-refractivity contribution in [2.45, 2.75) is 43.9 Å². The minimum Gasteiger partial charge on any atom is -0.490 e. The molecule has 1 aliphatic carbocycles. The van der Waals surface area contributed by atoms with Crippen molar-refractivity contribution >= 4 is 29.0 Å². The van der Waals surface area contributed by atoms with Crippen molar-refractivity contribution in [1.29, 1.82) is 0 Å². The molecule has 0 unspecified atom stereocenters. The third-order valence-electron chi connectivity index (χ3n) is 7.13. The van der Waals surface area contributed by atoms with Crippen LogP contribution in [0.2, 0.25) is 0 Å². The van der Waals surface area contributed by atoms with E-state index < -0.39 is 5.97 Å². The summed E-state index contributed by atoms with van der Waals surface area (Å²) in [5.74, 6) is 1.15. The Morgan fingerprint density at radius 3 is 2.58 bits per heavy atom. The number of rotatable bonds is 7. The fourth-order valence-electron chi connectivity index (χ4n) is 5.28. The molecule has 192 valence electrons. The summed E-state index contributed by atoms with van der Waals surface area (Å²) in [4.78, 5) is 18.1. The minimum absolute atomic E-state index is 0.206. The number of nitrogens with one attached hydrogen (secondary N) is 1. The maximum absolute atomic E-state index is 11.5. The van der Waals surface area contributed by atoms with Gasteiger partial charge in [-0.15, -0.1) is 0 Å². The van der Waals surface area contributed by atoms with Crippen LogP contribution in [0.4, 0.5) is 5.69 Å². The number of carboxylic acids is 1. The second kappa shape index (κ2) is 10.3. The number of hydrogen-bond donors (Lipinski definition) is 2. The Bertz CT molecular complexity index is 1450. The molecule has 38 heavy (non-hydrogen) atoms. The van der Waals surface area contributed by atoms with Crippen molar-refractivity contribution in [3.63, 3.8) is 0 Å². The van der Waals surface area contributed by atoms with Gasteiger partial charge in [0, 0.05) is 17.4 Å². The van der Waals surface area contributed by atoms with Gasteiger partial charge in [-0.3, -0.25) is 4.98 Å². The predicted molar refractivity (Wildman–Crippen MR) is 148 cm³/mol. The molecule has 7 nitrogen and oxygen atoms in total. The van der Waals surface area contributed by atoms with Crippen LogP contribution in [-0.4, -0.2) is 27.3 Å². The molecule has 6 rings (SSSR count). The van der Waals surface area contributed by atoms with Crippen molar-refractivity contribution in [3.8, 4) is 17.1 Å². The van der Waals surface area contributed by atoms with Crippen molar-refractivity contribution in [1.82, 2.24) is 10.3 Å². The molecule has 4 aromatic rings. The Hall–Kier alpha value is -4.17. The van der Waals surface area contributed by atoms with Gasteiger partial charge in [-0.25, -0.2) is 4.79 Å². The van der Waals surface area contributed by atoms with Gasteiger partial charge in [-0.2, -0.15) is 0 Å². The topological polar surface area (TPSA) is 87.8 Å². The molecule has 2 fully saturated rings. The van der Waals surface area contributed by atoms with E-state index in [1.54, 1.807) is 24.4 Å². The normalized spacial score (nSPS) is 19.5. The lowest BCUT2D eigenvalue weighted by atomic mass is 10.0. The molecule has 8 heteroatoms. The fourth-order valence-corrected chi connectivity index (χ4v) is 5.62. The van der Waals surface area contributed by atoms with Gasteiger partial charge in [0.1, 0.15) is 23.3 Å². The maximum Gasteiger partial charge on any atom is 0.335 e. The summed E-state index contributed by atoms with van der Waals surface area (Å²) in [6.07, 6.45) is 6.70. The number of aromatic carboxylic acids is 1. The zero-order chi connectivity index (χ0) is 26.1. The molecule has 3 heterocycles. The smallest absolute Gasteiger partial charge is 0.335 e. The highest BCUT2D eigenvalue weighted by Gasteiger charge is 2.42. The van der Waals surface area contributed by atoms with E-state index in [1.165, 1.54) is 12.8 Å². The van der Waals surface area contributed by atoms with Crippen LogP contribution < -0.4 is 15.0 Å². The molecule has 0 amide bonds. The highest BCUT2D eigenvalue weighted by Crippen LogP contribution is 2.43. The van der Waals surface area contributed by atoms with Crippen molar-refractivity contribution < 1.29 is 19.1 Å². The molecule has 0 spiro atoms. The standard InChI is InChI=1S/C30H27N3O4S/c34-29(35)20-7-5-6-19(18-20)25-15-16-26(37-25)28-27(24-10-3-4-17-31-24)32-30(38)33(28)21-11-13-23(14-12-21)36-22-8-1-2-9-22/h3-7,10-18,22,27-28H,1-2,8-9H2,(H,32,38)(H,34,35)/t27-,28-/m1/s1. The van der Waals surface area contributed by atoms with Gasteiger partial charge in [0.2, 0.25) is 0 Å². The van der Waals surface area contributed by atoms with E-state index >= 15 is 0 Å². The molecule has 1 saturated carbocycles. The molecule has 2 atom stereocenters. The molecule has 2 aromatic carbocycles. The largest absolute Gasteiger partial charge is 0.490 e. The summed E-state index contributed by atoms with van der Waals surface area (Å²) in [6, 6.07) is 23.8. The lowest BCUT2D eigenvalue weighted by molar-refractivity contribution is 0.0697. The van der Waals surface area contributed by atoms with E-state index in [0.29, 0.717) is 22.2 Å². The number of carbonyl (C=O) groups is 1. The minimum atomic E-state index is -0.981. The van der Waals surface area contributed by atoms with Gasteiger partial charge < -0.3 is 24.5 Å². The number of nitrogens with zero attached hydrogens (tertiary/aromatic N) is 2. The van der Waals surface area contributed by atoms with Crippen molar-refractivity contribution in [2.24, 2.45) is 0 Å². The second-order valence-electron chi connectivity index (χ2n) is 9.60. The zero-order valence-corrected chi connectivity index (χ0v) is 21.4. The van der Waals surface area contributed by atoms with Crippen LogP contribution in [0.25, 0.3) is 11.3 Å². The number of ether oxygens (including phenoxy) is 1. The van der Waals surface area contributed by atoms with E-state index in [-0.39, 0.29) is 23.8 Å². The summed E-state index contributed by atoms with van der Waals surface area (Å²) in [5.41, 5.74) is 2.65. The van der Waals surface area contributed by atoms with Gasteiger partial charge >= 0.3 is 5.97 Å². The van der Waals surface area contributed by atoms with Crippen LogP contribution in [0.15, 0.2) is 89.5 Å². The van der Waals surface area contributed by atoms with E-state index in [4.69, 9.17) is 21.4 Å². The fraction of sp³-hybridized carbons (Fsp3) is 0.233. The van der Waals surface area contributed by atoms with Gasteiger partial charge in [0.05, 0.1) is 23.4 Å². The van der Waals surface area contributed by atoms with Gasteiger partial charge in [-0.05, 0) is 98.6 Å². The first-order valence-electron chi connectivity index (χ1n) is 12.8. The summed E-state index contributed by atoms with van der Waals surface area (Å²) < 4.78 is 12.5. The summed E-state index contributed by atoms with van der Waals surface area (Å²) in [5, 5.41) is 13.4. The summed E-state index contributed by atoms with van der Waals surface area (Å²) >= 11 is 5.82. The van der Waals surface area contributed by atoms with Gasteiger partial charge in [0.15, 0.2) is 5.11 Å². The van der Waals surface area contributed by atoms with Crippen LogP contribution >= 0.6 is 12.2 Å². The third-order valence-corrected chi connectivity index (χ3v) is 7.44. The summed E-state index contributed by atoms with van der Waals surface area (Å²) in [7, 11) is 0.